The highest BCUT2D eigenvalue weighted by Crippen LogP contribution is 2.43. The van der Waals surface area contributed by atoms with Crippen molar-refractivity contribution >= 4 is 11.6 Å². The number of hydrogen-bond donors (Lipinski definition) is 1. The Hall–Kier alpha value is -3.08. The van der Waals surface area contributed by atoms with Crippen molar-refractivity contribution in [3.63, 3.8) is 0 Å². The summed E-state index contributed by atoms with van der Waals surface area (Å²) in [7, 11) is 1.69. The quantitative estimate of drug-likeness (QED) is 0.354. The molecule has 1 unspecified atom stereocenters. The first kappa shape index (κ1) is 25.0. The second-order valence-electron chi connectivity index (χ2n) is 10.7. The van der Waals surface area contributed by atoms with Gasteiger partial charge in [-0.25, -0.2) is 4.68 Å². The van der Waals surface area contributed by atoms with Crippen LogP contribution in [0.3, 0.4) is 0 Å². The van der Waals surface area contributed by atoms with Crippen LogP contribution in [-0.4, -0.2) is 22.7 Å². The number of ketones is 1. The molecule has 0 saturated carbocycles. The maximum Gasteiger partial charge on any atom is 0.169 e. The summed E-state index contributed by atoms with van der Waals surface area (Å²) < 4.78 is 7.49. The van der Waals surface area contributed by atoms with Crippen LogP contribution in [0.25, 0.3) is 0 Å². The molecular weight excluding hydrogens is 434 g/mol. The van der Waals surface area contributed by atoms with Gasteiger partial charge in [0.25, 0.3) is 0 Å². The van der Waals surface area contributed by atoms with Gasteiger partial charge in [0.1, 0.15) is 11.6 Å². The Morgan fingerprint density at radius 2 is 1.83 bits per heavy atom. The fourth-order valence-electron chi connectivity index (χ4n) is 5.61. The van der Waals surface area contributed by atoms with E-state index in [1.165, 1.54) is 11.1 Å². The normalized spacial score (nSPS) is 16.9. The molecule has 0 amide bonds. The number of nitrogens with zero attached hydrogens (tertiary/aromatic N) is 2. The Morgan fingerprint density at radius 3 is 2.46 bits per heavy atom. The fourth-order valence-corrected chi connectivity index (χ4v) is 5.61. The Kier molecular flexibility index (Phi) is 6.81. The highest BCUT2D eigenvalue weighted by atomic mass is 16.5. The number of ether oxygens (including phenoxy) is 1. The summed E-state index contributed by atoms with van der Waals surface area (Å²) >= 11 is 0. The van der Waals surface area contributed by atoms with E-state index in [1.807, 2.05) is 23.7 Å². The van der Waals surface area contributed by atoms with Gasteiger partial charge in [-0.3, -0.25) is 4.79 Å². The predicted molar refractivity (Wildman–Crippen MR) is 143 cm³/mol. The van der Waals surface area contributed by atoms with E-state index in [1.54, 1.807) is 7.11 Å². The second kappa shape index (κ2) is 9.52. The third-order valence-corrected chi connectivity index (χ3v) is 7.94. The first-order valence-electron chi connectivity index (χ1n) is 12.7. The highest BCUT2D eigenvalue weighted by Gasteiger charge is 2.40. The van der Waals surface area contributed by atoms with Gasteiger partial charge in [-0.2, -0.15) is 5.10 Å². The van der Waals surface area contributed by atoms with Gasteiger partial charge >= 0.3 is 0 Å². The molecule has 4 rings (SSSR count). The predicted octanol–water partition coefficient (Wildman–Crippen LogP) is 7.13. The maximum atomic E-state index is 14.0. The first-order chi connectivity index (χ1) is 16.6. The Morgan fingerprint density at radius 1 is 1.14 bits per heavy atom. The van der Waals surface area contributed by atoms with Gasteiger partial charge < -0.3 is 10.1 Å². The van der Waals surface area contributed by atoms with Crippen LogP contribution in [0.1, 0.15) is 92.2 Å². The van der Waals surface area contributed by atoms with E-state index in [0.29, 0.717) is 6.42 Å². The molecule has 0 radical (unpaired) electrons. The minimum absolute atomic E-state index is 0.0643. The van der Waals surface area contributed by atoms with E-state index in [9.17, 15) is 4.79 Å². The van der Waals surface area contributed by atoms with Gasteiger partial charge in [-0.05, 0) is 70.2 Å². The van der Waals surface area contributed by atoms with Gasteiger partial charge in [-0.1, -0.05) is 55.8 Å². The molecule has 0 fully saturated rings. The number of aryl methyl sites for hydroxylation is 2. The molecule has 186 valence electrons. The molecule has 1 N–H and O–H groups in total. The van der Waals surface area contributed by atoms with Gasteiger partial charge in [0, 0.05) is 11.8 Å². The summed E-state index contributed by atoms with van der Waals surface area (Å²) in [5.41, 5.74) is 4.72. The van der Waals surface area contributed by atoms with Crippen molar-refractivity contribution in [2.45, 2.75) is 84.2 Å². The lowest BCUT2D eigenvalue weighted by atomic mass is 9.71. The van der Waals surface area contributed by atoms with Crippen LogP contribution in [0.4, 0.5) is 5.82 Å². The molecule has 3 aromatic rings. The molecule has 1 aromatic heterocycles. The maximum absolute atomic E-state index is 14.0. The molecule has 2 heterocycles. The van der Waals surface area contributed by atoms with E-state index < -0.39 is 0 Å². The van der Waals surface area contributed by atoms with Crippen LogP contribution in [-0.2, 0) is 11.0 Å². The molecule has 0 spiro atoms. The number of carbonyl (C=O) groups excluding carboxylic acids is 1. The largest absolute Gasteiger partial charge is 0.497 e. The molecule has 0 bridgehead atoms. The SMILES string of the molecule is CCC(CC)(CC(=O)c1c(C)nn2c1NC(c1cccc(OC)c1)CC2(C)C)c1ccc(C)cc1. The van der Waals surface area contributed by atoms with Gasteiger partial charge in [-0.15, -0.1) is 0 Å². The zero-order chi connectivity index (χ0) is 25.4. The second-order valence-corrected chi connectivity index (χ2v) is 10.7. The van der Waals surface area contributed by atoms with E-state index in [2.05, 4.69) is 76.3 Å². The minimum Gasteiger partial charge on any atom is -0.497 e. The number of hydrogen-bond acceptors (Lipinski definition) is 4. The lowest BCUT2D eigenvalue weighted by molar-refractivity contribution is 0.0944. The zero-order valence-electron chi connectivity index (χ0n) is 22.2. The molecule has 1 atom stereocenters. The van der Waals surface area contributed by atoms with Crippen molar-refractivity contribution in [1.82, 2.24) is 9.78 Å². The number of Topliss-reactive ketones (excluding diaryl/α,β-unsaturated/α-hetero) is 1. The van der Waals surface area contributed by atoms with Gasteiger partial charge in [0.15, 0.2) is 5.78 Å². The molecule has 1 aliphatic heterocycles. The van der Waals surface area contributed by atoms with E-state index in [0.717, 1.165) is 47.7 Å². The van der Waals surface area contributed by atoms with Crippen LogP contribution >= 0.6 is 0 Å². The van der Waals surface area contributed by atoms with Crippen LogP contribution in [0.15, 0.2) is 48.5 Å². The number of benzene rings is 2. The number of aromatic nitrogens is 2. The van der Waals surface area contributed by atoms with Gasteiger partial charge in [0.2, 0.25) is 0 Å². The highest BCUT2D eigenvalue weighted by molar-refractivity contribution is 6.02. The van der Waals surface area contributed by atoms with Crippen LogP contribution in [0.2, 0.25) is 0 Å². The first-order valence-corrected chi connectivity index (χ1v) is 12.7. The molecule has 0 aliphatic carbocycles. The van der Waals surface area contributed by atoms with Crippen molar-refractivity contribution in [3.8, 4) is 5.75 Å². The number of nitrogens with one attached hydrogen (secondary N) is 1. The third-order valence-electron chi connectivity index (χ3n) is 7.94. The molecule has 2 aromatic carbocycles. The topological polar surface area (TPSA) is 56.2 Å². The Bertz CT molecular complexity index is 1200. The summed E-state index contributed by atoms with van der Waals surface area (Å²) in [6, 6.07) is 16.9. The average molecular weight is 474 g/mol. The van der Waals surface area contributed by atoms with Gasteiger partial charge in [0.05, 0.1) is 29.9 Å². The number of anilines is 1. The zero-order valence-corrected chi connectivity index (χ0v) is 22.2. The van der Waals surface area contributed by atoms with Crippen molar-refractivity contribution in [2.24, 2.45) is 0 Å². The summed E-state index contributed by atoms with van der Waals surface area (Å²) in [5.74, 6) is 1.83. The van der Waals surface area contributed by atoms with E-state index in [-0.39, 0.29) is 22.8 Å². The summed E-state index contributed by atoms with van der Waals surface area (Å²) in [6.45, 7) is 12.8. The Balaban J connectivity index is 1.72. The Labute approximate surface area is 209 Å². The number of carbonyl (C=O) groups is 1. The third kappa shape index (κ3) is 4.61. The van der Waals surface area contributed by atoms with Crippen LogP contribution < -0.4 is 10.1 Å². The van der Waals surface area contributed by atoms with Crippen molar-refractivity contribution < 1.29 is 9.53 Å². The fraction of sp³-hybridized carbons (Fsp3) is 0.467. The van der Waals surface area contributed by atoms with Crippen molar-refractivity contribution in [1.29, 1.82) is 0 Å². The number of methoxy groups -OCH3 is 1. The minimum atomic E-state index is -0.235. The summed E-state index contributed by atoms with van der Waals surface area (Å²) in [5, 5.41) is 8.55. The standard InChI is InChI=1S/C30H39N3O2/c1-8-30(9-2,23-15-13-20(3)14-16-23)19-26(34)27-21(4)32-33-28(27)31-25(18-29(33,5)6)22-11-10-12-24(17-22)35-7/h10-17,25,31H,8-9,18-19H2,1-7H3. The monoisotopic (exact) mass is 473 g/mol. The summed E-state index contributed by atoms with van der Waals surface area (Å²) in [6.07, 6.45) is 3.14. The molecular formula is C30H39N3O2. The smallest absolute Gasteiger partial charge is 0.169 e. The van der Waals surface area contributed by atoms with Crippen LogP contribution in [0, 0.1) is 13.8 Å². The summed E-state index contributed by atoms with van der Waals surface area (Å²) in [4.78, 5) is 14.0. The lowest BCUT2D eigenvalue weighted by Crippen LogP contribution is -2.38. The lowest BCUT2D eigenvalue weighted by Gasteiger charge is -2.38. The molecule has 5 heteroatoms. The van der Waals surface area contributed by atoms with Crippen molar-refractivity contribution in [3.05, 3.63) is 76.5 Å². The molecule has 5 nitrogen and oxygen atoms in total. The van der Waals surface area contributed by atoms with Crippen LogP contribution in [0.5, 0.6) is 5.75 Å². The molecule has 1 aliphatic rings. The number of rotatable bonds is 8. The number of fused-ring (bicyclic) bond motifs is 1. The molecule has 0 saturated heterocycles. The average Bonchev–Trinajstić information content (AvgIpc) is 3.20. The van der Waals surface area contributed by atoms with E-state index >= 15 is 0 Å². The van der Waals surface area contributed by atoms with E-state index in [4.69, 9.17) is 9.84 Å². The molecule has 35 heavy (non-hydrogen) atoms. The van der Waals surface area contributed by atoms with Crippen molar-refractivity contribution in [2.75, 3.05) is 12.4 Å².